The predicted molar refractivity (Wildman–Crippen MR) is 66.3 cm³/mol. The first-order chi connectivity index (χ1) is 8.00. The summed E-state index contributed by atoms with van der Waals surface area (Å²) in [6, 6.07) is 11.8. The average Bonchev–Trinajstić information content (AvgIpc) is 2.26. The number of benzene rings is 2. The summed E-state index contributed by atoms with van der Waals surface area (Å²) in [7, 11) is -6.74. The number of sulfone groups is 1. The van der Waals surface area contributed by atoms with Gasteiger partial charge in [0.05, 0.1) is 4.90 Å². The summed E-state index contributed by atoms with van der Waals surface area (Å²) in [5.41, 5.74) is 0. The third-order valence-corrected chi connectivity index (χ3v) is 5.59. The SMILES string of the molecule is O=[SH](=O)CS(=O)(=O)c1cccc2ccccc12. The van der Waals surface area contributed by atoms with E-state index in [4.69, 9.17) is 0 Å². The third-order valence-electron chi connectivity index (χ3n) is 2.36. The molecule has 0 atom stereocenters. The quantitative estimate of drug-likeness (QED) is 0.850. The molecule has 0 aliphatic rings. The lowest BCUT2D eigenvalue weighted by Gasteiger charge is -2.05. The van der Waals surface area contributed by atoms with E-state index in [9.17, 15) is 16.8 Å². The van der Waals surface area contributed by atoms with Crippen molar-refractivity contribution in [3.63, 3.8) is 0 Å². The molecular weight excluding hydrogens is 260 g/mol. The molecule has 0 aliphatic carbocycles. The van der Waals surface area contributed by atoms with Crippen LogP contribution in [0.4, 0.5) is 0 Å². The van der Waals surface area contributed by atoms with Crippen LogP contribution in [0.2, 0.25) is 0 Å². The van der Waals surface area contributed by atoms with Crippen LogP contribution in [-0.4, -0.2) is 21.9 Å². The molecule has 17 heavy (non-hydrogen) atoms. The smallest absolute Gasteiger partial charge is 0.193 e. The predicted octanol–water partition coefficient (Wildman–Crippen LogP) is 1.18. The van der Waals surface area contributed by atoms with Gasteiger partial charge in [0.15, 0.2) is 25.6 Å². The van der Waals surface area contributed by atoms with Gasteiger partial charge in [0.1, 0.15) is 0 Å². The fourth-order valence-electron chi connectivity index (χ4n) is 1.68. The van der Waals surface area contributed by atoms with Gasteiger partial charge in [-0.1, -0.05) is 36.4 Å². The number of fused-ring (bicyclic) bond motifs is 1. The second-order valence-corrected chi connectivity index (χ2v) is 6.92. The number of thiol groups is 1. The highest BCUT2D eigenvalue weighted by atomic mass is 32.3. The lowest BCUT2D eigenvalue weighted by Crippen LogP contribution is -2.08. The number of hydrogen-bond donors (Lipinski definition) is 1. The molecule has 0 unspecified atom stereocenters. The molecule has 0 saturated heterocycles. The van der Waals surface area contributed by atoms with E-state index < -0.39 is 25.6 Å². The molecule has 0 saturated carbocycles. The standard InChI is InChI=1S/C11H10O4S2/c12-16(13)8-17(14,15)11-7-3-5-9-4-1-2-6-10(9)11/h1-7,16H,8H2. The Balaban J connectivity index is 2.72. The molecule has 2 aromatic carbocycles. The fraction of sp³-hybridized carbons (Fsp3) is 0.0909. The van der Waals surface area contributed by atoms with Gasteiger partial charge >= 0.3 is 0 Å². The van der Waals surface area contributed by atoms with Crippen LogP contribution in [0.3, 0.4) is 0 Å². The molecule has 2 aromatic rings. The zero-order valence-electron chi connectivity index (χ0n) is 8.74. The Morgan fingerprint density at radius 3 is 2.29 bits per heavy atom. The largest absolute Gasteiger partial charge is 0.231 e. The van der Waals surface area contributed by atoms with Gasteiger partial charge in [0.2, 0.25) is 0 Å². The van der Waals surface area contributed by atoms with Crippen molar-refractivity contribution in [1.29, 1.82) is 0 Å². The highest BCUT2D eigenvalue weighted by molar-refractivity contribution is 8.01. The van der Waals surface area contributed by atoms with E-state index in [1.165, 1.54) is 6.07 Å². The Kier molecular flexibility index (Phi) is 3.17. The van der Waals surface area contributed by atoms with Crippen molar-refractivity contribution in [3.05, 3.63) is 42.5 Å². The molecule has 0 bridgehead atoms. The van der Waals surface area contributed by atoms with Crippen molar-refractivity contribution in [2.24, 2.45) is 0 Å². The molecule has 6 heteroatoms. The maximum Gasteiger partial charge on any atom is 0.193 e. The van der Waals surface area contributed by atoms with Crippen molar-refractivity contribution < 1.29 is 16.8 Å². The minimum Gasteiger partial charge on any atom is -0.231 e. The normalized spacial score (nSPS) is 12.1. The molecule has 4 nitrogen and oxygen atoms in total. The van der Waals surface area contributed by atoms with Crippen LogP contribution in [0.1, 0.15) is 0 Å². The zero-order chi connectivity index (χ0) is 12.5. The summed E-state index contributed by atoms with van der Waals surface area (Å²) in [6.07, 6.45) is 0. The minimum absolute atomic E-state index is 0.0646. The maximum atomic E-state index is 11.9. The summed E-state index contributed by atoms with van der Waals surface area (Å²) in [5.74, 6) is 0. The second kappa shape index (κ2) is 4.46. The molecular formula is C11H10O4S2. The van der Waals surface area contributed by atoms with E-state index in [0.717, 1.165) is 5.39 Å². The van der Waals surface area contributed by atoms with Gasteiger partial charge in [-0.05, 0) is 11.5 Å². The average molecular weight is 270 g/mol. The molecule has 2 rings (SSSR count). The van der Waals surface area contributed by atoms with Crippen LogP contribution in [-0.2, 0) is 20.5 Å². The first-order valence-corrected chi connectivity index (χ1v) is 7.84. The molecule has 0 aromatic heterocycles. The van der Waals surface area contributed by atoms with E-state index >= 15 is 0 Å². The van der Waals surface area contributed by atoms with Crippen molar-refractivity contribution in [2.75, 3.05) is 5.08 Å². The number of rotatable bonds is 3. The molecule has 90 valence electrons. The van der Waals surface area contributed by atoms with Crippen molar-refractivity contribution in [1.82, 2.24) is 0 Å². The minimum atomic E-state index is -3.78. The van der Waals surface area contributed by atoms with Gasteiger partial charge in [-0.3, -0.25) is 0 Å². The van der Waals surface area contributed by atoms with Gasteiger partial charge < -0.3 is 0 Å². The Morgan fingerprint density at radius 2 is 1.59 bits per heavy atom. The van der Waals surface area contributed by atoms with Crippen LogP contribution in [0.25, 0.3) is 10.8 Å². The molecule has 0 spiro atoms. The first kappa shape index (κ1) is 12.1. The van der Waals surface area contributed by atoms with Crippen molar-refractivity contribution in [2.45, 2.75) is 4.90 Å². The van der Waals surface area contributed by atoms with Crippen LogP contribution in [0.5, 0.6) is 0 Å². The fourth-order valence-corrected chi connectivity index (χ4v) is 4.15. The molecule has 0 radical (unpaired) electrons. The summed E-state index contributed by atoms with van der Waals surface area (Å²) in [4.78, 5) is 0.0646. The summed E-state index contributed by atoms with van der Waals surface area (Å²) in [5, 5.41) is 0.470. The second-order valence-electron chi connectivity index (χ2n) is 3.55. The maximum absolute atomic E-state index is 11.9. The van der Waals surface area contributed by atoms with E-state index in [1.807, 2.05) is 0 Å². The highest BCUT2D eigenvalue weighted by Gasteiger charge is 2.18. The van der Waals surface area contributed by atoms with Gasteiger partial charge in [-0.25, -0.2) is 16.8 Å². The Labute approximate surface area is 101 Å². The van der Waals surface area contributed by atoms with E-state index in [2.05, 4.69) is 0 Å². The topological polar surface area (TPSA) is 68.3 Å². The van der Waals surface area contributed by atoms with E-state index in [1.54, 1.807) is 36.4 Å². The van der Waals surface area contributed by atoms with Gasteiger partial charge in [0, 0.05) is 5.39 Å². The van der Waals surface area contributed by atoms with Gasteiger partial charge in [-0.2, -0.15) is 0 Å². The first-order valence-electron chi connectivity index (χ1n) is 4.83. The molecule has 0 aliphatic heterocycles. The summed E-state index contributed by atoms with van der Waals surface area (Å²) in [6.45, 7) is 0. The molecule has 0 fully saturated rings. The molecule has 0 amide bonds. The summed E-state index contributed by atoms with van der Waals surface area (Å²) < 4.78 is 44.9. The lowest BCUT2D eigenvalue weighted by molar-refractivity contribution is 0.596. The Bertz CT molecular complexity index is 717. The lowest BCUT2D eigenvalue weighted by atomic mass is 10.1. The van der Waals surface area contributed by atoms with E-state index in [0.29, 0.717) is 5.39 Å². The highest BCUT2D eigenvalue weighted by Crippen LogP contribution is 2.23. The van der Waals surface area contributed by atoms with Crippen LogP contribution in [0.15, 0.2) is 47.4 Å². The van der Waals surface area contributed by atoms with Gasteiger partial charge in [0.25, 0.3) is 0 Å². The van der Waals surface area contributed by atoms with Crippen molar-refractivity contribution >= 4 is 31.3 Å². The molecule has 0 heterocycles. The van der Waals surface area contributed by atoms with Gasteiger partial charge in [-0.15, -0.1) is 0 Å². The van der Waals surface area contributed by atoms with Crippen LogP contribution in [0, 0.1) is 0 Å². The third kappa shape index (κ3) is 2.48. The van der Waals surface area contributed by atoms with Crippen LogP contribution >= 0.6 is 0 Å². The number of hydrogen-bond acceptors (Lipinski definition) is 4. The van der Waals surface area contributed by atoms with Crippen molar-refractivity contribution in [3.8, 4) is 0 Å². The van der Waals surface area contributed by atoms with E-state index in [-0.39, 0.29) is 4.90 Å². The Hall–Kier alpha value is -1.40. The molecule has 0 N–H and O–H groups in total. The monoisotopic (exact) mass is 270 g/mol. The summed E-state index contributed by atoms with van der Waals surface area (Å²) >= 11 is 0. The zero-order valence-corrected chi connectivity index (χ0v) is 10.4. The Morgan fingerprint density at radius 1 is 0.941 bits per heavy atom. The van der Waals surface area contributed by atoms with Crippen LogP contribution < -0.4 is 0 Å².